The number of fused-ring (bicyclic) bond motifs is 1. The van der Waals surface area contributed by atoms with Crippen molar-refractivity contribution < 1.29 is 14.6 Å². The summed E-state index contributed by atoms with van der Waals surface area (Å²) in [6.07, 6.45) is 2.63. The van der Waals surface area contributed by atoms with Gasteiger partial charge >= 0.3 is 5.97 Å². The van der Waals surface area contributed by atoms with Crippen molar-refractivity contribution in [3.8, 4) is 0 Å². The maximum atomic E-state index is 11.1. The van der Waals surface area contributed by atoms with Gasteiger partial charge in [-0.3, -0.25) is 0 Å². The smallest absolute Gasteiger partial charge is 0.336 e. The number of hydrogen-bond donors (Lipinski definition) is 1. The second kappa shape index (κ2) is 5.49. The molecule has 1 aromatic heterocycles. The molecule has 0 bridgehead atoms. The van der Waals surface area contributed by atoms with Crippen LogP contribution < -0.4 is 0 Å². The van der Waals surface area contributed by atoms with Gasteiger partial charge in [0.15, 0.2) is 0 Å². The molecule has 96 valence electrons. The van der Waals surface area contributed by atoms with Gasteiger partial charge in [-0.15, -0.1) is 0 Å². The van der Waals surface area contributed by atoms with Gasteiger partial charge in [-0.1, -0.05) is 6.92 Å². The molecular weight excluding hydrogens is 300 g/mol. The number of carbonyl (C=O) groups is 1. The molecule has 0 aliphatic rings. The minimum atomic E-state index is -0.967. The molecule has 0 saturated heterocycles. The van der Waals surface area contributed by atoms with E-state index in [1.807, 2.05) is 6.92 Å². The van der Waals surface area contributed by atoms with Crippen molar-refractivity contribution in [3.05, 3.63) is 28.4 Å². The summed E-state index contributed by atoms with van der Waals surface area (Å²) in [7, 11) is 0. The highest BCUT2D eigenvalue weighted by molar-refractivity contribution is 9.10. The molecule has 0 aliphatic carbocycles. The van der Waals surface area contributed by atoms with Gasteiger partial charge in [0.05, 0.1) is 17.3 Å². The largest absolute Gasteiger partial charge is 0.478 e. The van der Waals surface area contributed by atoms with Crippen LogP contribution >= 0.6 is 15.9 Å². The lowest BCUT2D eigenvalue weighted by Crippen LogP contribution is -2.05. The van der Waals surface area contributed by atoms with Gasteiger partial charge in [-0.2, -0.15) is 5.10 Å². The number of halogens is 1. The van der Waals surface area contributed by atoms with Crippen molar-refractivity contribution in [1.82, 2.24) is 9.78 Å². The lowest BCUT2D eigenvalue weighted by molar-refractivity contribution is 0.0693. The number of aromatic carboxylic acids is 1. The van der Waals surface area contributed by atoms with Crippen molar-refractivity contribution in [3.63, 3.8) is 0 Å². The molecule has 0 atom stereocenters. The van der Waals surface area contributed by atoms with Crippen LogP contribution in [0.15, 0.2) is 22.8 Å². The predicted octanol–water partition coefficient (Wildman–Crippen LogP) is 2.88. The van der Waals surface area contributed by atoms with Crippen molar-refractivity contribution in [2.75, 3.05) is 6.61 Å². The molecule has 0 fully saturated rings. The summed E-state index contributed by atoms with van der Waals surface area (Å²) in [5.74, 6) is -0.967. The summed E-state index contributed by atoms with van der Waals surface area (Å²) in [4.78, 5) is 11.1. The molecule has 1 aromatic carbocycles. The van der Waals surface area contributed by atoms with E-state index in [4.69, 9.17) is 9.84 Å². The molecule has 0 aliphatic heterocycles. The summed E-state index contributed by atoms with van der Waals surface area (Å²) in [5.41, 5.74) is 0.978. The molecule has 5 nitrogen and oxygen atoms in total. The molecule has 0 spiro atoms. The Labute approximate surface area is 112 Å². The predicted molar refractivity (Wildman–Crippen MR) is 70.6 cm³/mol. The third-order valence-electron chi connectivity index (χ3n) is 2.52. The van der Waals surface area contributed by atoms with Crippen molar-refractivity contribution in [1.29, 1.82) is 0 Å². The van der Waals surface area contributed by atoms with Gasteiger partial charge < -0.3 is 9.84 Å². The first-order valence-electron chi connectivity index (χ1n) is 5.59. The number of benzene rings is 1. The Kier molecular flexibility index (Phi) is 3.98. The lowest BCUT2D eigenvalue weighted by Gasteiger charge is -2.05. The van der Waals surface area contributed by atoms with Gasteiger partial charge in [-0.25, -0.2) is 9.48 Å². The van der Waals surface area contributed by atoms with E-state index in [1.165, 1.54) is 0 Å². The average molecular weight is 313 g/mol. The summed E-state index contributed by atoms with van der Waals surface area (Å²) >= 11 is 3.24. The Morgan fingerprint density at radius 2 is 2.33 bits per heavy atom. The third-order valence-corrected chi connectivity index (χ3v) is 3.18. The number of carboxylic acids is 1. The van der Waals surface area contributed by atoms with Crippen LogP contribution in [0, 0.1) is 0 Å². The minimum Gasteiger partial charge on any atom is -0.478 e. The molecule has 18 heavy (non-hydrogen) atoms. The van der Waals surface area contributed by atoms with E-state index in [1.54, 1.807) is 23.0 Å². The molecule has 2 aromatic rings. The number of rotatable bonds is 5. The fourth-order valence-corrected chi connectivity index (χ4v) is 2.19. The highest BCUT2D eigenvalue weighted by atomic mass is 79.9. The first-order chi connectivity index (χ1) is 8.63. The normalized spacial score (nSPS) is 11.0. The fourth-order valence-electron chi connectivity index (χ4n) is 1.66. The standard InChI is InChI=1S/C12H13BrN2O3/c1-2-3-18-7-15-11-5-9(12(16)17)10(13)4-8(11)6-14-15/h4-6H,2-3,7H2,1H3,(H,16,17). The number of aromatic nitrogens is 2. The summed E-state index contributed by atoms with van der Waals surface area (Å²) < 4.78 is 7.62. The molecule has 0 unspecified atom stereocenters. The van der Waals surface area contributed by atoms with Crippen LogP contribution in [0.1, 0.15) is 23.7 Å². The summed E-state index contributed by atoms with van der Waals surface area (Å²) in [6.45, 7) is 3.02. The maximum Gasteiger partial charge on any atom is 0.336 e. The van der Waals surface area contributed by atoms with Gasteiger partial charge in [-0.05, 0) is 34.5 Å². The zero-order chi connectivity index (χ0) is 13.1. The van der Waals surface area contributed by atoms with Gasteiger partial charge in [0.25, 0.3) is 0 Å². The number of carboxylic acid groups (broad SMARTS) is 1. The Hall–Kier alpha value is -1.40. The summed E-state index contributed by atoms with van der Waals surface area (Å²) in [5, 5.41) is 14.1. The topological polar surface area (TPSA) is 64.4 Å². The third kappa shape index (κ3) is 2.54. The summed E-state index contributed by atoms with van der Waals surface area (Å²) in [6, 6.07) is 3.35. The lowest BCUT2D eigenvalue weighted by atomic mass is 10.2. The van der Waals surface area contributed by atoms with E-state index < -0.39 is 5.97 Å². The molecule has 0 amide bonds. The van der Waals surface area contributed by atoms with Crippen LogP contribution in [0.2, 0.25) is 0 Å². The van der Waals surface area contributed by atoms with E-state index in [2.05, 4.69) is 21.0 Å². The van der Waals surface area contributed by atoms with Crippen molar-refractivity contribution >= 4 is 32.8 Å². The fraction of sp³-hybridized carbons (Fsp3) is 0.333. The zero-order valence-corrected chi connectivity index (χ0v) is 11.5. The van der Waals surface area contributed by atoms with E-state index in [-0.39, 0.29) is 5.56 Å². The second-order valence-electron chi connectivity index (χ2n) is 3.88. The van der Waals surface area contributed by atoms with Crippen LogP contribution in [-0.4, -0.2) is 27.5 Å². The molecule has 0 radical (unpaired) electrons. The maximum absolute atomic E-state index is 11.1. The highest BCUT2D eigenvalue weighted by Crippen LogP contribution is 2.24. The van der Waals surface area contributed by atoms with Gasteiger partial charge in [0, 0.05) is 16.5 Å². The number of ether oxygens (including phenoxy) is 1. The molecule has 6 heteroatoms. The molecule has 2 rings (SSSR count). The van der Waals surface area contributed by atoms with E-state index in [0.29, 0.717) is 17.8 Å². The van der Waals surface area contributed by atoms with Crippen LogP contribution in [0.25, 0.3) is 10.9 Å². The second-order valence-corrected chi connectivity index (χ2v) is 4.73. The van der Waals surface area contributed by atoms with E-state index in [0.717, 1.165) is 17.3 Å². The average Bonchev–Trinajstić information content (AvgIpc) is 2.70. The van der Waals surface area contributed by atoms with Crippen LogP contribution in [0.4, 0.5) is 0 Å². The zero-order valence-electron chi connectivity index (χ0n) is 9.89. The number of nitrogens with zero attached hydrogens (tertiary/aromatic N) is 2. The number of hydrogen-bond acceptors (Lipinski definition) is 3. The van der Waals surface area contributed by atoms with E-state index in [9.17, 15) is 4.79 Å². The van der Waals surface area contributed by atoms with Crippen LogP contribution in [-0.2, 0) is 11.5 Å². The SMILES string of the molecule is CCCOCn1ncc2cc(Br)c(C(=O)O)cc21. The molecule has 0 saturated carbocycles. The first-order valence-corrected chi connectivity index (χ1v) is 6.39. The Balaban J connectivity index is 2.38. The Morgan fingerprint density at radius 3 is 3.00 bits per heavy atom. The quantitative estimate of drug-likeness (QED) is 0.862. The van der Waals surface area contributed by atoms with E-state index >= 15 is 0 Å². The first kappa shape index (κ1) is 13.0. The highest BCUT2D eigenvalue weighted by Gasteiger charge is 2.12. The molecular formula is C12H13BrN2O3. The van der Waals surface area contributed by atoms with Crippen LogP contribution in [0.3, 0.4) is 0 Å². The van der Waals surface area contributed by atoms with Crippen molar-refractivity contribution in [2.45, 2.75) is 20.1 Å². The Morgan fingerprint density at radius 1 is 1.56 bits per heavy atom. The monoisotopic (exact) mass is 312 g/mol. The molecule has 1 heterocycles. The Bertz CT molecular complexity index is 580. The van der Waals surface area contributed by atoms with Gasteiger partial charge in [0.2, 0.25) is 0 Å². The molecule has 1 N–H and O–H groups in total. The van der Waals surface area contributed by atoms with Crippen molar-refractivity contribution in [2.24, 2.45) is 0 Å². The minimum absolute atomic E-state index is 0.222. The van der Waals surface area contributed by atoms with Gasteiger partial charge in [0.1, 0.15) is 6.73 Å². The van der Waals surface area contributed by atoms with Crippen LogP contribution in [0.5, 0.6) is 0 Å².